The second kappa shape index (κ2) is 8.52. The van der Waals surface area contributed by atoms with Gasteiger partial charge >= 0.3 is 0 Å². The molecule has 2 aromatic heterocycles. The lowest BCUT2D eigenvalue weighted by atomic mass is 9.96. The summed E-state index contributed by atoms with van der Waals surface area (Å²) in [5.41, 5.74) is 0.306. The van der Waals surface area contributed by atoms with Gasteiger partial charge in [0.2, 0.25) is 21.7 Å². The molecule has 4 rings (SSSR count). The summed E-state index contributed by atoms with van der Waals surface area (Å²) in [4.78, 5) is 12.4. The summed E-state index contributed by atoms with van der Waals surface area (Å²) in [5, 5.41) is 3.90. The minimum atomic E-state index is -3.80. The van der Waals surface area contributed by atoms with Crippen molar-refractivity contribution in [1.82, 2.24) is 24.4 Å². The SMILES string of the molecule is O=S(=O)(Cc1cc(F)ccc1F)N1CCCC(Cc2nc(-c3cnccn3)no2)C1. The highest BCUT2D eigenvalue weighted by molar-refractivity contribution is 7.88. The molecular formula is C19H19F2N5O3S. The van der Waals surface area contributed by atoms with Gasteiger partial charge in [-0.05, 0) is 37.0 Å². The molecule has 0 N–H and O–H groups in total. The van der Waals surface area contributed by atoms with Crippen molar-refractivity contribution in [2.45, 2.75) is 25.0 Å². The average molecular weight is 435 g/mol. The van der Waals surface area contributed by atoms with Gasteiger partial charge in [-0.2, -0.15) is 4.98 Å². The molecule has 0 bridgehead atoms. The van der Waals surface area contributed by atoms with E-state index in [1.165, 1.54) is 22.9 Å². The fourth-order valence-corrected chi connectivity index (χ4v) is 5.13. The zero-order chi connectivity index (χ0) is 21.1. The van der Waals surface area contributed by atoms with Crippen molar-refractivity contribution in [3.8, 4) is 11.5 Å². The molecule has 1 atom stereocenters. The maximum atomic E-state index is 13.9. The molecular weight excluding hydrogens is 416 g/mol. The van der Waals surface area contributed by atoms with Crippen LogP contribution in [0.1, 0.15) is 24.3 Å². The van der Waals surface area contributed by atoms with Crippen LogP contribution in [0.25, 0.3) is 11.5 Å². The number of piperidine rings is 1. The fraction of sp³-hybridized carbons (Fsp3) is 0.368. The number of sulfonamides is 1. The number of halogens is 2. The van der Waals surface area contributed by atoms with Gasteiger partial charge in [0.05, 0.1) is 11.9 Å². The van der Waals surface area contributed by atoms with Gasteiger partial charge in [-0.1, -0.05) is 5.16 Å². The number of hydrogen-bond acceptors (Lipinski definition) is 7. The number of nitrogens with zero attached hydrogens (tertiary/aromatic N) is 5. The van der Waals surface area contributed by atoms with Gasteiger partial charge in [-0.25, -0.2) is 26.5 Å². The maximum Gasteiger partial charge on any atom is 0.227 e. The second-order valence-corrected chi connectivity index (χ2v) is 9.13. The molecule has 1 aliphatic rings. The molecule has 1 aromatic carbocycles. The molecule has 1 unspecified atom stereocenters. The van der Waals surface area contributed by atoms with Gasteiger partial charge in [-0.3, -0.25) is 4.98 Å². The lowest BCUT2D eigenvalue weighted by Gasteiger charge is -2.31. The van der Waals surface area contributed by atoms with Gasteiger partial charge in [0, 0.05) is 37.5 Å². The van der Waals surface area contributed by atoms with E-state index >= 15 is 0 Å². The van der Waals surface area contributed by atoms with E-state index in [1.807, 2.05) is 0 Å². The smallest absolute Gasteiger partial charge is 0.227 e. The largest absolute Gasteiger partial charge is 0.339 e. The molecule has 158 valence electrons. The van der Waals surface area contributed by atoms with Crippen molar-refractivity contribution in [3.63, 3.8) is 0 Å². The number of aromatic nitrogens is 4. The maximum absolute atomic E-state index is 13.9. The lowest BCUT2D eigenvalue weighted by Crippen LogP contribution is -2.41. The van der Waals surface area contributed by atoms with Gasteiger partial charge < -0.3 is 4.52 Å². The van der Waals surface area contributed by atoms with Crippen LogP contribution in [0.15, 0.2) is 41.3 Å². The van der Waals surface area contributed by atoms with Crippen LogP contribution >= 0.6 is 0 Å². The van der Waals surface area contributed by atoms with E-state index in [4.69, 9.17) is 4.52 Å². The summed E-state index contributed by atoms with van der Waals surface area (Å²) in [5.74, 6) is -1.32. The number of benzene rings is 1. The Labute approximate surface area is 172 Å². The Hall–Kier alpha value is -2.79. The van der Waals surface area contributed by atoms with Gasteiger partial charge in [0.15, 0.2) is 0 Å². The molecule has 3 aromatic rings. The van der Waals surface area contributed by atoms with Crippen LogP contribution in [0.5, 0.6) is 0 Å². The van der Waals surface area contributed by atoms with Crippen LogP contribution in [-0.4, -0.2) is 45.9 Å². The Bertz CT molecular complexity index is 1120. The third kappa shape index (κ3) is 4.68. The molecule has 11 heteroatoms. The standard InChI is InChI=1S/C19H19F2N5O3S/c20-15-3-4-16(21)14(9-15)12-30(27,28)26-7-1-2-13(11-26)8-18-24-19(25-29-18)17-10-22-5-6-23-17/h3-6,9-10,13H,1-2,7-8,11-12H2. The second-order valence-electron chi connectivity index (χ2n) is 7.16. The fourth-order valence-electron chi connectivity index (χ4n) is 3.49. The van der Waals surface area contributed by atoms with E-state index in [0.29, 0.717) is 36.8 Å². The Morgan fingerprint density at radius 1 is 1.23 bits per heavy atom. The molecule has 0 saturated carbocycles. The first-order valence-electron chi connectivity index (χ1n) is 9.41. The first-order valence-corrected chi connectivity index (χ1v) is 11.0. The first kappa shape index (κ1) is 20.5. The molecule has 30 heavy (non-hydrogen) atoms. The summed E-state index contributed by atoms with van der Waals surface area (Å²) in [6, 6.07) is 2.81. The van der Waals surface area contributed by atoms with E-state index < -0.39 is 27.4 Å². The summed E-state index contributed by atoms with van der Waals surface area (Å²) in [6.07, 6.45) is 6.44. The predicted octanol–water partition coefficient (Wildman–Crippen LogP) is 2.59. The van der Waals surface area contributed by atoms with E-state index in [1.54, 1.807) is 0 Å². The van der Waals surface area contributed by atoms with Gasteiger partial charge in [0.25, 0.3) is 0 Å². The van der Waals surface area contributed by atoms with Crippen LogP contribution in [0, 0.1) is 17.6 Å². The topological polar surface area (TPSA) is 102 Å². The summed E-state index contributed by atoms with van der Waals surface area (Å²) in [6.45, 7) is 0.590. The summed E-state index contributed by atoms with van der Waals surface area (Å²) in [7, 11) is -3.80. The molecule has 8 nitrogen and oxygen atoms in total. The molecule has 3 heterocycles. The molecule has 0 amide bonds. The van der Waals surface area contributed by atoms with Crippen LogP contribution in [-0.2, 0) is 22.2 Å². The van der Waals surface area contributed by atoms with E-state index in [0.717, 1.165) is 24.6 Å². The molecule has 0 radical (unpaired) electrons. The highest BCUT2D eigenvalue weighted by atomic mass is 32.2. The predicted molar refractivity (Wildman–Crippen MR) is 102 cm³/mol. The zero-order valence-electron chi connectivity index (χ0n) is 15.9. The number of hydrogen-bond donors (Lipinski definition) is 0. The quantitative estimate of drug-likeness (QED) is 0.586. The van der Waals surface area contributed by atoms with E-state index in [-0.39, 0.29) is 18.0 Å². The third-order valence-corrected chi connectivity index (χ3v) is 6.74. The summed E-state index contributed by atoms with van der Waals surface area (Å²) < 4.78 is 59.4. The Balaban J connectivity index is 1.43. The van der Waals surface area contributed by atoms with Crippen LogP contribution in [0.2, 0.25) is 0 Å². The highest BCUT2D eigenvalue weighted by Crippen LogP contribution is 2.25. The average Bonchev–Trinajstić information content (AvgIpc) is 3.20. The van der Waals surface area contributed by atoms with Crippen molar-refractivity contribution in [2.75, 3.05) is 13.1 Å². The Morgan fingerprint density at radius 2 is 2.10 bits per heavy atom. The van der Waals surface area contributed by atoms with Crippen molar-refractivity contribution < 1.29 is 21.7 Å². The minimum Gasteiger partial charge on any atom is -0.339 e. The molecule has 1 aliphatic heterocycles. The van der Waals surface area contributed by atoms with Crippen molar-refractivity contribution in [2.24, 2.45) is 5.92 Å². The molecule has 1 fully saturated rings. The van der Waals surface area contributed by atoms with Crippen LogP contribution in [0.3, 0.4) is 0 Å². The van der Waals surface area contributed by atoms with Crippen LogP contribution in [0.4, 0.5) is 8.78 Å². The Kier molecular flexibility index (Phi) is 5.82. The van der Waals surface area contributed by atoms with Crippen molar-refractivity contribution >= 4 is 10.0 Å². The number of rotatable bonds is 6. The van der Waals surface area contributed by atoms with Crippen molar-refractivity contribution in [1.29, 1.82) is 0 Å². The van der Waals surface area contributed by atoms with E-state index in [2.05, 4.69) is 20.1 Å². The monoisotopic (exact) mass is 435 g/mol. The summed E-state index contributed by atoms with van der Waals surface area (Å²) >= 11 is 0. The normalized spacial score (nSPS) is 17.9. The lowest BCUT2D eigenvalue weighted by molar-refractivity contribution is 0.246. The minimum absolute atomic E-state index is 0.0268. The third-order valence-electron chi connectivity index (χ3n) is 4.94. The van der Waals surface area contributed by atoms with Crippen LogP contribution < -0.4 is 0 Å². The zero-order valence-corrected chi connectivity index (χ0v) is 16.7. The van der Waals surface area contributed by atoms with E-state index in [9.17, 15) is 17.2 Å². The van der Waals surface area contributed by atoms with Gasteiger partial charge in [-0.15, -0.1) is 0 Å². The molecule has 0 spiro atoms. The first-order chi connectivity index (χ1) is 14.4. The van der Waals surface area contributed by atoms with Crippen molar-refractivity contribution in [3.05, 3.63) is 59.9 Å². The molecule has 0 aliphatic carbocycles. The molecule has 1 saturated heterocycles. The Morgan fingerprint density at radius 3 is 2.90 bits per heavy atom. The highest BCUT2D eigenvalue weighted by Gasteiger charge is 2.31. The van der Waals surface area contributed by atoms with Gasteiger partial charge in [0.1, 0.15) is 17.3 Å².